The number of anilines is 1. The minimum Gasteiger partial charge on any atom is -0.435 e. The first-order valence-electron chi connectivity index (χ1n) is 6.76. The number of nitrogens with zero attached hydrogens (tertiary/aromatic N) is 1. The molecule has 6 heteroatoms. The summed E-state index contributed by atoms with van der Waals surface area (Å²) >= 11 is 0. The van der Waals surface area contributed by atoms with Gasteiger partial charge in [0.15, 0.2) is 0 Å². The first-order chi connectivity index (χ1) is 9.65. The Morgan fingerprint density at radius 1 is 1.20 bits per heavy atom. The minimum atomic E-state index is -2.87. The van der Waals surface area contributed by atoms with Crippen LogP contribution in [0.5, 0.6) is 5.75 Å². The van der Waals surface area contributed by atoms with E-state index >= 15 is 0 Å². The molecule has 0 aliphatic carbocycles. The standard InChI is InChI=1S/C14H18F2N2O2/c15-13(16)20-12-7-5-6-11(10-12)17-14(19)18-8-3-1-2-4-9-18/h5-7,10,13H,1-4,8-9H2,(H,17,19). The van der Waals surface area contributed by atoms with E-state index in [0.717, 1.165) is 38.8 Å². The summed E-state index contributed by atoms with van der Waals surface area (Å²) in [6.45, 7) is -1.40. The van der Waals surface area contributed by atoms with Gasteiger partial charge in [-0.15, -0.1) is 0 Å². The van der Waals surface area contributed by atoms with Crippen molar-refractivity contribution >= 4 is 11.7 Å². The van der Waals surface area contributed by atoms with Crippen molar-refractivity contribution in [1.29, 1.82) is 0 Å². The molecule has 1 N–H and O–H groups in total. The Hall–Kier alpha value is -1.85. The number of amides is 2. The molecule has 1 aliphatic heterocycles. The Balaban J connectivity index is 1.96. The Morgan fingerprint density at radius 3 is 2.55 bits per heavy atom. The average molecular weight is 284 g/mol. The molecule has 1 aliphatic rings. The number of nitrogens with one attached hydrogen (secondary N) is 1. The zero-order valence-corrected chi connectivity index (χ0v) is 11.1. The quantitative estimate of drug-likeness (QED) is 0.919. The van der Waals surface area contributed by atoms with E-state index in [-0.39, 0.29) is 11.8 Å². The van der Waals surface area contributed by atoms with Gasteiger partial charge in [-0.05, 0) is 25.0 Å². The molecule has 1 aromatic rings. The van der Waals surface area contributed by atoms with E-state index in [2.05, 4.69) is 10.1 Å². The van der Waals surface area contributed by atoms with Crippen LogP contribution in [0.1, 0.15) is 25.7 Å². The third-order valence-electron chi connectivity index (χ3n) is 3.20. The Morgan fingerprint density at radius 2 is 1.90 bits per heavy atom. The Bertz CT molecular complexity index is 447. The normalized spacial score (nSPS) is 15.8. The number of likely N-dealkylation sites (tertiary alicyclic amines) is 1. The van der Waals surface area contributed by atoms with Crippen molar-refractivity contribution in [3.63, 3.8) is 0 Å². The molecule has 0 spiro atoms. The van der Waals surface area contributed by atoms with Gasteiger partial charge in [0, 0.05) is 24.8 Å². The van der Waals surface area contributed by atoms with Gasteiger partial charge in [0.05, 0.1) is 0 Å². The molecule has 0 saturated carbocycles. The molecule has 1 heterocycles. The van der Waals surface area contributed by atoms with Crippen LogP contribution in [-0.4, -0.2) is 30.6 Å². The fourth-order valence-electron chi connectivity index (χ4n) is 2.23. The molecule has 0 unspecified atom stereocenters. The molecule has 2 rings (SSSR count). The first-order valence-corrected chi connectivity index (χ1v) is 6.76. The summed E-state index contributed by atoms with van der Waals surface area (Å²) in [6, 6.07) is 5.83. The molecular formula is C14H18F2N2O2. The maximum absolute atomic E-state index is 12.1. The van der Waals surface area contributed by atoms with E-state index in [4.69, 9.17) is 0 Å². The number of benzene rings is 1. The predicted molar refractivity (Wildman–Crippen MR) is 72.1 cm³/mol. The number of rotatable bonds is 3. The summed E-state index contributed by atoms with van der Waals surface area (Å²) in [6.07, 6.45) is 4.28. The van der Waals surface area contributed by atoms with Crippen molar-refractivity contribution < 1.29 is 18.3 Å². The van der Waals surface area contributed by atoms with Crippen molar-refractivity contribution in [3.05, 3.63) is 24.3 Å². The number of ether oxygens (including phenoxy) is 1. The second-order valence-corrected chi connectivity index (χ2v) is 4.74. The highest BCUT2D eigenvalue weighted by atomic mass is 19.3. The van der Waals surface area contributed by atoms with E-state index in [1.165, 1.54) is 12.1 Å². The van der Waals surface area contributed by atoms with Gasteiger partial charge in [-0.2, -0.15) is 8.78 Å². The lowest BCUT2D eigenvalue weighted by molar-refractivity contribution is -0.0497. The zero-order valence-electron chi connectivity index (χ0n) is 11.1. The average Bonchev–Trinajstić information content (AvgIpc) is 2.67. The van der Waals surface area contributed by atoms with Crippen LogP contribution in [0.15, 0.2) is 24.3 Å². The number of alkyl halides is 2. The highest BCUT2D eigenvalue weighted by molar-refractivity contribution is 5.89. The Labute approximate surface area is 116 Å². The summed E-state index contributed by atoms with van der Waals surface area (Å²) in [4.78, 5) is 13.8. The van der Waals surface area contributed by atoms with Crippen LogP contribution in [0.4, 0.5) is 19.3 Å². The molecule has 1 saturated heterocycles. The molecule has 110 valence electrons. The highest BCUT2D eigenvalue weighted by Crippen LogP contribution is 2.20. The highest BCUT2D eigenvalue weighted by Gasteiger charge is 2.15. The van der Waals surface area contributed by atoms with Gasteiger partial charge in [-0.25, -0.2) is 4.79 Å². The van der Waals surface area contributed by atoms with Gasteiger partial charge in [-0.3, -0.25) is 0 Å². The van der Waals surface area contributed by atoms with Gasteiger partial charge < -0.3 is 15.0 Å². The van der Waals surface area contributed by atoms with Gasteiger partial charge in [0.25, 0.3) is 0 Å². The lowest BCUT2D eigenvalue weighted by Gasteiger charge is -2.20. The third kappa shape index (κ3) is 4.36. The SMILES string of the molecule is O=C(Nc1cccc(OC(F)F)c1)N1CCCCCC1. The van der Waals surface area contributed by atoms with Gasteiger partial charge in [0.1, 0.15) is 5.75 Å². The van der Waals surface area contributed by atoms with Gasteiger partial charge in [0.2, 0.25) is 0 Å². The molecule has 2 amide bonds. The number of carbonyl (C=O) groups is 1. The van der Waals surface area contributed by atoms with Crippen molar-refractivity contribution in [1.82, 2.24) is 4.90 Å². The largest absolute Gasteiger partial charge is 0.435 e. The summed E-state index contributed by atoms with van der Waals surface area (Å²) in [7, 11) is 0. The molecule has 0 bridgehead atoms. The first kappa shape index (κ1) is 14.6. The van der Waals surface area contributed by atoms with Crippen LogP contribution in [0.3, 0.4) is 0 Å². The van der Waals surface area contributed by atoms with Crippen LogP contribution in [-0.2, 0) is 0 Å². The van der Waals surface area contributed by atoms with Crippen molar-refractivity contribution in [2.24, 2.45) is 0 Å². The summed E-state index contributed by atoms with van der Waals surface area (Å²) in [5.41, 5.74) is 0.456. The van der Waals surface area contributed by atoms with Gasteiger partial charge >= 0.3 is 12.6 Å². The van der Waals surface area contributed by atoms with E-state index in [1.807, 2.05) is 0 Å². The maximum atomic E-state index is 12.1. The van der Waals surface area contributed by atoms with Crippen LogP contribution in [0, 0.1) is 0 Å². The van der Waals surface area contributed by atoms with Crippen molar-refractivity contribution in [2.75, 3.05) is 18.4 Å². The van der Waals surface area contributed by atoms with Crippen molar-refractivity contribution in [3.8, 4) is 5.75 Å². The number of hydrogen-bond donors (Lipinski definition) is 1. The summed E-state index contributed by atoms with van der Waals surface area (Å²) in [5, 5.41) is 2.72. The summed E-state index contributed by atoms with van der Waals surface area (Å²) < 4.78 is 28.6. The van der Waals surface area contributed by atoms with Crippen molar-refractivity contribution in [2.45, 2.75) is 32.3 Å². The molecule has 0 atom stereocenters. The maximum Gasteiger partial charge on any atom is 0.387 e. The van der Waals surface area contributed by atoms with E-state index in [1.54, 1.807) is 17.0 Å². The third-order valence-corrected chi connectivity index (χ3v) is 3.20. The fourth-order valence-corrected chi connectivity index (χ4v) is 2.23. The van der Waals surface area contributed by atoms with E-state index in [9.17, 15) is 13.6 Å². The van der Waals surface area contributed by atoms with Gasteiger partial charge in [-0.1, -0.05) is 18.9 Å². The van der Waals surface area contributed by atoms with Crippen LogP contribution >= 0.6 is 0 Å². The zero-order chi connectivity index (χ0) is 14.4. The van der Waals surface area contributed by atoms with Crippen LogP contribution in [0.2, 0.25) is 0 Å². The molecule has 0 radical (unpaired) electrons. The monoisotopic (exact) mass is 284 g/mol. The number of halogens is 2. The Kier molecular flexibility index (Phi) is 5.15. The summed E-state index contributed by atoms with van der Waals surface area (Å²) in [5.74, 6) is 0.0358. The molecule has 4 nitrogen and oxygen atoms in total. The molecule has 1 fully saturated rings. The molecule has 1 aromatic carbocycles. The lowest BCUT2D eigenvalue weighted by atomic mass is 10.2. The number of urea groups is 1. The molecule has 20 heavy (non-hydrogen) atoms. The number of carbonyl (C=O) groups excluding carboxylic acids is 1. The number of hydrogen-bond acceptors (Lipinski definition) is 2. The molecule has 0 aromatic heterocycles. The predicted octanol–water partition coefficient (Wildman–Crippen LogP) is 3.70. The topological polar surface area (TPSA) is 41.6 Å². The van der Waals surface area contributed by atoms with E-state index in [0.29, 0.717) is 5.69 Å². The van der Waals surface area contributed by atoms with Crippen LogP contribution < -0.4 is 10.1 Å². The fraction of sp³-hybridized carbons (Fsp3) is 0.500. The minimum absolute atomic E-state index is 0.0358. The van der Waals surface area contributed by atoms with E-state index < -0.39 is 6.61 Å². The second kappa shape index (κ2) is 7.07. The molecular weight excluding hydrogens is 266 g/mol. The van der Waals surface area contributed by atoms with Crippen LogP contribution in [0.25, 0.3) is 0 Å². The lowest BCUT2D eigenvalue weighted by Crippen LogP contribution is -2.35. The smallest absolute Gasteiger partial charge is 0.387 e. The second-order valence-electron chi connectivity index (χ2n) is 4.74.